The molecule has 0 aliphatic heterocycles. The Morgan fingerprint density at radius 2 is 2.00 bits per heavy atom. The van der Waals surface area contributed by atoms with Crippen molar-refractivity contribution >= 4 is 0 Å². The molecule has 0 aromatic heterocycles. The Labute approximate surface area is 60.6 Å². The summed E-state index contributed by atoms with van der Waals surface area (Å²) in [6, 6.07) is 0. The molecular formula is C5H3Na. The largest absolute Gasteiger partial charge is 1.00 e. The van der Waals surface area contributed by atoms with Gasteiger partial charge in [0, 0.05) is 0 Å². The zero-order valence-electron chi connectivity index (χ0n) is 4.00. The molecule has 0 aromatic carbocycles. The Hall–Kier alpha value is 0.120. The standard InChI is InChI=1S/C5H3.Na/c1-3-5-4-2;/h1H3;/q-1;+1. The van der Waals surface area contributed by atoms with E-state index < -0.39 is 0 Å². The van der Waals surface area contributed by atoms with E-state index in [1.165, 1.54) is 0 Å². The zero-order valence-corrected chi connectivity index (χ0v) is 6.00. The average Bonchev–Trinajstić information content (AvgIpc) is 1.41. The minimum Gasteiger partial charge on any atom is -0.358 e. The minimum absolute atomic E-state index is 0. The van der Waals surface area contributed by atoms with Gasteiger partial charge in [-0.05, 0) is 6.92 Å². The third-order valence-corrected chi connectivity index (χ3v) is 0.188. The fourth-order valence-electron chi connectivity index (χ4n) is 0.0625. The van der Waals surface area contributed by atoms with Crippen molar-refractivity contribution in [3.63, 3.8) is 0 Å². The third-order valence-electron chi connectivity index (χ3n) is 0.188. The van der Waals surface area contributed by atoms with Gasteiger partial charge in [-0.2, -0.15) is 0 Å². The van der Waals surface area contributed by atoms with Gasteiger partial charge in [-0.25, -0.2) is 5.92 Å². The molecule has 0 rings (SSSR count). The molecule has 1 heteroatoms. The molecule has 0 fully saturated rings. The summed E-state index contributed by atoms with van der Waals surface area (Å²) in [7, 11) is 0. The first-order valence-electron chi connectivity index (χ1n) is 1.25. The molecule has 0 nitrogen and oxygen atoms in total. The fraction of sp³-hybridized carbons (Fsp3) is 0.200. The number of hydrogen-bond acceptors (Lipinski definition) is 0. The van der Waals surface area contributed by atoms with Crippen LogP contribution in [0.4, 0.5) is 0 Å². The smallest absolute Gasteiger partial charge is 0.358 e. The van der Waals surface area contributed by atoms with E-state index in [4.69, 9.17) is 6.42 Å². The van der Waals surface area contributed by atoms with Crippen LogP contribution in [0.2, 0.25) is 0 Å². The van der Waals surface area contributed by atoms with E-state index in [1.807, 2.05) is 5.92 Å². The van der Waals surface area contributed by atoms with Crippen molar-refractivity contribution in [1.82, 2.24) is 0 Å². The molecule has 6 heavy (non-hydrogen) atoms. The fourth-order valence-corrected chi connectivity index (χ4v) is 0.0625. The van der Waals surface area contributed by atoms with Gasteiger partial charge in [0.2, 0.25) is 0 Å². The van der Waals surface area contributed by atoms with Crippen molar-refractivity contribution in [2.75, 3.05) is 0 Å². The Kier molecular flexibility index (Phi) is 14.1. The quantitative estimate of drug-likeness (QED) is 0.175. The molecule has 0 N–H and O–H groups in total. The van der Waals surface area contributed by atoms with E-state index in [2.05, 4.69) is 11.8 Å². The van der Waals surface area contributed by atoms with Crippen LogP contribution in [0.25, 0.3) is 0 Å². The molecule has 0 atom stereocenters. The molecule has 0 aliphatic carbocycles. The zero-order chi connectivity index (χ0) is 4.12. The van der Waals surface area contributed by atoms with Crippen molar-refractivity contribution in [2.24, 2.45) is 0 Å². The van der Waals surface area contributed by atoms with Gasteiger partial charge in [0.25, 0.3) is 0 Å². The molecule has 0 unspecified atom stereocenters. The Morgan fingerprint density at radius 1 is 1.50 bits per heavy atom. The number of hydrogen-bond donors (Lipinski definition) is 0. The van der Waals surface area contributed by atoms with E-state index in [0.29, 0.717) is 0 Å². The van der Waals surface area contributed by atoms with E-state index in [0.717, 1.165) is 0 Å². The SMILES string of the molecule is [C-]#CC#CC.[Na+]. The monoisotopic (exact) mass is 86.0 g/mol. The summed E-state index contributed by atoms with van der Waals surface area (Å²) in [5.74, 6) is 6.65. The molecule has 0 heterocycles. The van der Waals surface area contributed by atoms with E-state index in [1.54, 1.807) is 6.92 Å². The van der Waals surface area contributed by atoms with Gasteiger partial charge in [-0.3, -0.25) is 11.8 Å². The summed E-state index contributed by atoms with van der Waals surface area (Å²) in [6.45, 7) is 1.67. The number of rotatable bonds is 0. The van der Waals surface area contributed by atoms with Crippen molar-refractivity contribution in [1.29, 1.82) is 0 Å². The van der Waals surface area contributed by atoms with Gasteiger partial charge < -0.3 is 6.42 Å². The van der Waals surface area contributed by atoms with Crippen LogP contribution in [0.1, 0.15) is 6.92 Å². The molecule has 0 saturated heterocycles. The minimum atomic E-state index is 0. The van der Waals surface area contributed by atoms with Crippen LogP contribution in [0.15, 0.2) is 0 Å². The molecule has 0 radical (unpaired) electrons. The molecule has 0 spiro atoms. The first-order valence-corrected chi connectivity index (χ1v) is 1.25. The average molecular weight is 86.1 g/mol. The Morgan fingerprint density at radius 3 is 2.00 bits per heavy atom. The van der Waals surface area contributed by atoms with Crippen LogP contribution >= 0.6 is 0 Å². The second kappa shape index (κ2) is 8.93. The summed E-state index contributed by atoms with van der Waals surface area (Å²) in [4.78, 5) is 0. The van der Waals surface area contributed by atoms with E-state index in [-0.39, 0.29) is 29.6 Å². The van der Waals surface area contributed by atoms with Crippen LogP contribution < -0.4 is 29.6 Å². The van der Waals surface area contributed by atoms with Crippen LogP contribution in [-0.2, 0) is 0 Å². The van der Waals surface area contributed by atoms with Gasteiger partial charge >= 0.3 is 29.6 Å². The van der Waals surface area contributed by atoms with Gasteiger partial charge in [-0.1, -0.05) is 0 Å². The van der Waals surface area contributed by atoms with Crippen molar-refractivity contribution < 1.29 is 29.6 Å². The molecule has 0 bridgehead atoms. The summed E-state index contributed by atoms with van der Waals surface area (Å²) in [6.07, 6.45) is 6.18. The molecule has 0 saturated carbocycles. The van der Waals surface area contributed by atoms with Crippen LogP contribution in [-0.4, -0.2) is 0 Å². The van der Waals surface area contributed by atoms with Gasteiger partial charge in [0.15, 0.2) is 0 Å². The molecule has 0 aromatic rings. The first kappa shape index (κ1) is 9.45. The molecular weight excluding hydrogens is 83.0 g/mol. The summed E-state index contributed by atoms with van der Waals surface area (Å²) in [5.41, 5.74) is 0. The van der Waals surface area contributed by atoms with Gasteiger partial charge in [-0.15, -0.1) is 0 Å². The summed E-state index contributed by atoms with van der Waals surface area (Å²) >= 11 is 0. The van der Waals surface area contributed by atoms with E-state index >= 15 is 0 Å². The first-order chi connectivity index (χ1) is 2.41. The third kappa shape index (κ3) is 8.92. The van der Waals surface area contributed by atoms with E-state index in [9.17, 15) is 0 Å². The predicted octanol–water partition coefficient (Wildman–Crippen LogP) is -2.40. The Balaban J connectivity index is 0. The maximum Gasteiger partial charge on any atom is 1.00 e. The maximum absolute atomic E-state index is 6.18. The predicted molar refractivity (Wildman–Crippen MR) is 20.6 cm³/mol. The van der Waals surface area contributed by atoms with Crippen LogP contribution in [0, 0.1) is 24.2 Å². The summed E-state index contributed by atoms with van der Waals surface area (Å²) in [5, 5.41) is 0. The van der Waals surface area contributed by atoms with Crippen molar-refractivity contribution in [3.05, 3.63) is 6.42 Å². The Bertz CT molecular complexity index is 97.3. The second-order valence-electron chi connectivity index (χ2n) is 0.500. The molecule has 0 aliphatic rings. The van der Waals surface area contributed by atoms with Gasteiger partial charge in [0.1, 0.15) is 0 Å². The van der Waals surface area contributed by atoms with Gasteiger partial charge in [0.05, 0.1) is 0 Å². The molecule has 24 valence electrons. The van der Waals surface area contributed by atoms with Crippen molar-refractivity contribution in [3.8, 4) is 17.8 Å². The van der Waals surface area contributed by atoms with Crippen LogP contribution in [0.3, 0.4) is 0 Å². The summed E-state index contributed by atoms with van der Waals surface area (Å²) < 4.78 is 0. The topological polar surface area (TPSA) is 0 Å². The maximum atomic E-state index is 6.18. The van der Waals surface area contributed by atoms with Crippen LogP contribution in [0.5, 0.6) is 0 Å². The normalized spacial score (nSPS) is 2.67. The second-order valence-corrected chi connectivity index (χ2v) is 0.500. The molecule has 0 amide bonds. The van der Waals surface area contributed by atoms with Crippen molar-refractivity contribution in [2.45, 2.75) is 6.92 Å².